The second kappa shape index (κ2) is 12.3. The lowest BCUT2D eigenvalue weighted by Crippen LogP contribution is -2.51. The second-order valence-corrected chi connectivity index (χ2v) is 10.3. The van der Waals surface area contributed by atoms with E-state index in [0.29, 0.717) is 21.4 Å². The van der Waals surface area contributed by atoms with Crippen LogP contribution in [0.4, 0.5) is 5.69 Å². The van der Waals surface area contributed by atoms with Crippen LogP contribution >= 0.6 is 23.2 Å². The van der Waals surface area contributed by atoms with Gasteiger partial charge in [-0.25, -0.2) is 8.42 Å². The first kappa shape index (κ1) is 28.5. The van der Waals surface area contributed by atoms with Gasteiger partial charge in [-0.15, -0.1) is 0 Å². The molecule has 35 heavy (non-hydrogen) atoms. The predicted octanol–water partition coefficient (Wildman–Crippen LogP) is 3.33. The van der Waals surface area contributed by atoms with Gasteiger partial charge in [0.15, 0.2) is 0 Å². The third-order valence-electron chi connectivity index (χ3n) is 5.36. The molecule has 1 N–H and O–H groups in total. The zero-order chi connectivity index (χ0) is 26.3. The van der Waals surface area contributed by atoms with Gasteiger partial charge in [0.2, 0.25) is 21.8 Å². The van der Waals surface area contributed by atoms with Gasteiger partial charge in [-0.1, -0.05) is 36.2 Å². The standard InChI is InChI=1S/C23H29Cl2N3O6S/c1-6-19(23(30)26-2)27(13-16-17(24)8-7-9-18(16)25)22(29)14-28(35(5,31)32)20-11-10-15(33-3)12-21(20)34-4/h7-12,19H,6,13-14H2,1-5H3,(H,26,30)/t19-/m0/s1. The molecule has 2 aromatic carbocycles. The Labute approximate surface area is 215 Å². The highest BCUT2D eigenvalue weighted by atomic mass is 35.5. The minimum absolute atomic E-state index is 0.0966. The van der Waals surface area contributed by atoms with Crippen molar-refractivity contribution >= 4 is 50.7 Å². The molecule has 0 aliphatic rings. The Hall–Kier alpha value is -2.69. The Morgan fingerprint density at radius 2 is 1.71 bits per heavy atom. The molecule has 0 aliphatic heterocycles. The molecule has 0 unspecified atom stereocenters. The number of nitrogens with zero attached hydrogens (tertiary/aromatic N) is 2. The number of amides is 2. The summed E-state index contributed by atoms with van der Waals surface area (Å²) in [5.41, 5.74) is 0.590. The fraction of sp³-hybridized carbons (Fsp3) is 0.391. The number of carbonyl (C=O) groups excluding carboxylic acids is 2. The number of likely N-dealkylation sites (N-methyl/N-ethyl adjacent to an activating group) is 1. The lowest BCUT2D eigenvalue weighted by molar-refractivity contribution is -0.140. The van der Waals surface area contributed by atoms with E-state index in [0.717, 1.165) is 10.6 Å². The van der Waals surface area contributed by atoms with Crippen LogP contribution in [0.15, 0.2) is 36.4 Å². The fourth-order valence-corrected chi connectivity index (χ4v) is 4.90. The van der Waals surface area contributed by atoms with Gasteiger partial charge >= 0.3 is 0 Å². The normalized spacial score (nSPS) is 12.0. The van der Waals surface area contributed by atoms with Gasteiger partial charge in [-0.3, -0.25) is 13.9 Å². The smallest absolute Gasteiger partial charge is 0.244 e. The van der Waals surface area contributed by atoms with Crippen LogP contribution < -0.4 is 19.1 Å². The van der Waals surface area contributed by atoms with Gasteiger partial charge in [0.1, 0.15) is 24.1 Å². The van der Waals surface area contributed by atoms with E-state index in [1.165, 1.54) is 38.3 Å². The van der Waals surface area contributed by atoms with E-state index in [4.69, 9.17) is 32.7 Å². The van der Waals surface area contributed by atoms with Crippen LogP contribution in [0.5, 0.6) is 11.5 Å². The molecule has 2 aromatic rings. The van der Waals surface area contributed by atoms with Crippen molar-refractivity contribution in [1.82, 2.24) is 10.2 Å². The van der Waals surface area contributed by atoms with Crippen LogP contribution in [-0.4, -0.2) is 65.2 Å². The Bertz CT molecular complexity index is 1160. The molecular formula is C23H29Cl2N3O6S. The average molecular weight is 546 g/mol. The number of benzene rings is 2. The molecule has 0 heterocycles. The number of carbonyl (C=O) groups is 2. The summed E-state index contributed by atoms with van der Waals surface area (Å²) in [5, 5.41) is 3.18. The van der Waals surface area contributed by atoms with Crippen molar-refractivity contribution in [2.45, 2.75) is 25.9 Å². The number of hydrogen-bond donors (Lipinski definition) is 1. The van der Waals surface area contributed by atoms with Crippen LogP contribution in [0.3, 0.4) is 0 Å². The van der Waals surface area contributed by atoms with Crippen LogP contribution in [0, 0.1) is 0 Å². The quantitative estimate of drug-likeness (QED) is 0.464. The van der Waals surface area contributed by atoms with E-state index < -0.39 is 34.4 Å². The molecule has 0 saturated carbocycles. The van der Waals surface area contributed by atoms with Gasteiger partial charge < -0.3 is 19.7 Å². The number of ether oxygens (including phenoxy) is 2. The lowest BCUT2D eigenvalue weighted by atomic mass is 10.1. The number of methoxy groups -OCH3 is 2. The fourth-order valence-electron chi connectivity index (χ4n) is 3.53. The summed E-state index contributed by atoms with van der Waals surface area (Å²) in [7, 11) is 0.372. The molecule has 2 rings (SSSR count). The zero-order valence-electron chi connectivity index (χ0n) is 20.2. The zero-order valence-corrected chi connectivity index (χ0v) is 22.5. The lowest BCUT2D eigenvalue weighted by Gasteiger charge is -2.33. The minimum Gasteiger partial charge on any atom is -0.497 e. The molecule has 0 radical (unpaired) electrons. The average Bonchev–Trinajstić information content (AvgIpc) is 2.82. The molecule has 1 atom stereocenters. The van der Waals surface area contributed by atoms with Gasteiger partial charge in [-0.05, 0) is 30.7 Å². The maximum atomic E-state index is 13.6. The first-order valence-corrected chi connectivity index (χ1v) is 13.2. The first-order valence-electron chi connectivity index (χ1n) is 10.6. The van der Waals surface area contributed by atoms with Crippen molar-refractivity contribution in [3.63, 3.8) is 0 Å². The number of nitrogens with one attached hydrogen (secondary N) is 1. The highest BCUT2D eigenvalue weighted by Crippen LogP contribution is 2.34. The predicted molar refractivity (Wildman–Crippen MR) is 137 cm³/mol. The summed E-state index contributed by atoms with van der Waals surface area (Å²) < 4.78 is 37.0. The highest BCUT2D eigenvalue weighted by molar-refractivity contribution is 7.92. The summed E-state index contributed by atoms with van der Waals surface area (Å²) in [5.74, 6) is -0.385. The topological polar surface area (TPSA) is 105 Å². The van der Waals surface area contributed by atoms with E-state index in [9.17, 15) is 18.0 Å². The Morgan fingerprint density at radius 3 is 2.20 bits per heavy atom. The largest absolute Gasteiger partial charge is 0.497 e. The molecule has 9 nitrogen and oxygen atoms in total. The summed E-state index contributed by atoms with van der Waals surface area (Å²) >= 11 is 12.6. The monoisotopic (exact) mass is 545 g/mol. The second-order valence-electron chi connectivity index (χ2n) is 7.57. The molecule has 12 heteroatoms. The molecule has 0 spiro atoms. The van der Waals surface area contributed by atoms with Crippen molar-refractivity contribution < 1.29 is 27.5 Å². The Morgan fingerprint density at radius 1 is 1.09 bits per heavy atom. The number of hydrogen-bond acceptors (Lipinski definition) is 6. The molecule has 0 fully saturated rings. The number of sulfonamides is 1. The van der Waals surface area contributed by atoms with Crippen molar-refractivity contribution in [3.05, 3.63) is 52.0 Å². The number of halogens is 2. The van der Waals surface area contributed by atoms with Crippen LogP contribution in [0.25, 0.3) is 0 Å². The molecule has 192 valence electrons. The van der Waals surface area contributed by atoms with Crippen molar-refractivity contribution in [1.29, 1.82) is 0 Å². The van der Waals surface area contributed by atoms with Gasteiger partial charge in [-0.2, -0.15) is 0 Å². The molecule has 0 saturated heterocycles. The van der Waals surface area contributed by atoms with Crippen LogP contribution in [0.2, 0.25) is 10.0 Å². The summed E-state index contributed by atoms with van der Waals surface area (Å²) in [6.07, 6.45) is 1.26. The van der Waals surface area contributed by atoms with E-state index in [1.807, 2.05) is 0 Å². The molecule has 0 aromatic heterocycles. The van der Waals surface area contributed by atoms with E-state index in [2.05, 4.69) is 5.32 Å². The van der Waals surface area contributed by atoms with E-state index in [1.54, 1.807) is 31.2 Å². The van der Waals surface area contributed by atoms with Crippen LogP contribution in [-0.2, 0) is 26.2 Å². The highest BCUT2D eigenvalue weighted by Gasteiger charge is 2.33. The first-order chi connectivity index (χ1) is 16.5. The SMILES string of the molecule is CC[C@@H](C(=O)NC)N(Cc1c(Cl)cccc1Cl)C(=O)CN(c1ccc(OC)cc1OC)S(C)(=O)=O. The summed E-state index contributed by atoms with van der Waals surface area (Å²) in [6, 6.07) is 8.57. The van der Waals surface area contributed by atoms with Crippen molar-refractivity contribution in [2.24, 2.45) is 0 Å². The molecular weight excluding hydrogens is 517 g/mol. The molecule has 0 bridgehead atoms. The number of anilines is 1. The van der Waals surface area contributed by atoms with Crippen molar-refractivity contribution in [2.75, 3.05) is 38.4 Å². The maximum Gasteiger partial charge on any atom is 0.244 e. The van der Waals surface area contributed by atoms with Gasteiger partial charge in [0.25, 0.3) is 0 Å². The summed E-state index contributed by atoms with van der Waals surface area (Å²) in [4.78, 5) is 27.5. The maximum absolute atomic E-state index is 13.6. The minimum atomic E-state index is -3.93. The third kappa shape index (κ3) is 6.93. The Balaban J connectivity index is 2.55. The van der Waals surface area contributed by atoms with Gasteiger partial charge in [0, 0.05) is 35.3 Å². The van der Waals surface area contributed by atoms with Crippen molar-refractivity contribution in [3.8, 4) is 11.5 Å². The van der Waals surface area contributed by atoms with E-state index in [-0.39, 0.29) is 24.4 Å². The molecule has 2 amide bonds. The third-order valence-corrected chi connectivity index (χ3v) is 7.19. The van der Waals surface area contributed by atoms with E-state index >= 15 is 0 Å². The van der Waals surface area contributed by atoms with Crippen LogP contribution in [0.1, 0.15) is 18.9 Å². The number of rotatable bonds is 11. The molecule has 0 aliphatic carbocycles. The Kier molecular flexibility index (Phi) is 10.1. The van der Waals surface area contributed by atoms with Gasteiger partial charge in [0.05, 0.1) is 26.2 Å². The summed E-state index contributed by atoms with van der Waals surface area (Å²) in [6.45, 7) is 1.06.